The van der Waals surface area contributed by atoms with E-state index < -0.39 is 12.3 Å². The number of nitrogens with zero attached hydrogens (tertiary/aromatic N) is 1. The maximum absolute atomic E-state index is 13.3. The highest BCUT2D eigenvalue weighted by atomic mass is 32.2. The second-order valence-corrected chi connectivity index (χ2v) is 10.3. The molecule has 3 aliphatic rings. The van der Waals surface area contributed by atoms with E-state index >= 15 is 0 Å². The van der Waals surface area contributed by atoms with Gasteiger partial charge in [0.05, 0.1) is 17.2 Å². The van der Waals surface area contributed by atoms with E-state index in [4.69, 9.17) is 9.47 Å². The fourth-order valence-corrected chi connectivity index (χ4v) is 7.12. The Morgan fingerprint density at radius 3 is 2.77 bits per heavy atom. The maximum Gasteiger partial charge on any atom is 0.242 e. The van der Waals surface area contributed by atoms with Crippen molar-refractivity contribution >= 4 is 35.2 Å². The van der Waals surface area contributed by atoms with Crippen LogP contribution in [0, 0.1) is 5.92 Å². The van der Waals surface area contributed by atoms with Crippen molar-refractivity contribution in [2.75, 3.05) is 31.7 Å². The quantitative estimate of drug-likeness (QED) is 0.640. The van der Waals surface area contributed by atoms with Crippen LogP contribution in [0.15, 0.2) is 24.3 Å². The molecule has 1 aromatic carbocycles. The summed E-state index contributed by atoms with van der Waals surface area (Å²) in [4.78, 5) is 28.4. The van der Waals surface area contributed by atoms with Gasteiger partial charge < -0.3 is 14.4 Å². The summed E-state index contributed by atoms with van der Waals surface area (Å²) >= 11 is 3.26. The van der Waals surface area contributed by atoms with Gasteiger partial charge in [0.15, 0.2) is 6.29 Å². The van der Waals surface area contributed by atoms with Crippen LogP contribution >= 0.6 is 23.5 Å². The second kappa shape index (κ2) is 10.0. The monoisotopic (exact) mass is 450 g/mol. The number of carbonyl (C=O) groups excluding carboxylic acids is 2. The Bertz CT molecular complexity index is 773. The molecule has 1 aliphatic carbocycles. The molecule has 8 heteroatoms. The molecule has 0 spiro atoms. The van der Waals surface area contributed by atoms with Gasteiger partial charge in [-0.2, -0.15) is 0 Å². The van der Waals surface area contributed by atoms with Crippen molar-refractivity contribution in [2.45, 2.75) is 49.3 Å². The standard InChI is InChI=1S/C22H30N2O4S2/c1-27-22(28-2)17-11-29-13-24(17)21(26)19-20(30-12-23-19)18(25)10-14-7-8-15-5-3-4-6-16(15)9-14/h3-6,14,17,19-20,22-23H,7-13H2,1-2H3/t14-,17+,19+,20?/m1/s1. The van der Waals surface area contributed by atoms with E-state index in [1.165, 1.54) is 11.1 Å². The Balaban J connectivity index is 1.39. The molecule has 1 amide bonds. The third kappa shape index (κ3) is 4.58. The highest BCUT2D eigenvalue weighted by molar-refractivity contribution is 8.01. The number of amides is 1. The number of carbonyl (C=O) groups is 2. The molecule has 2 fully saturated rings. The van der Waals surface area contributed by atoms with Crippen LogP contribution in [0.1, 0.15) is 24.0 Å². The largest absolute Gasteiger partial charge is 0.354 e. The Kier molecular flexibility index (Phi) is 7.41. The fourth-order valence-electron chi connectivity index (χ4n) is 4.77. The molecule has 4 rings (SSSR count). The van der Waals surface area contributed by atoms with Gasteiger partial charge in [-0.15, -0.1) is 23.5 Å². The van der Waals surface area contributed by atoms with E-state index in [9.17, 15) is 9.59 Å². The molecule has 1 aromatic rings. The molecule has 0 saturated carbocycles. The zero-order chi connectivity index (χ0) is 21.1. The number of methoxy groups -OCH3 is 2. The summed E-state index contributed by atoms with van der Waals surface area (Å²) in [7, 11) is 3.19. The number of ether oxygens (including phenoxy) is 2. The van der Waals surface area contributed by atoms with Crippen molar-refractivity contribution in [2.24, 2.45) is 5.92 Å². The fraction of sp³-hybridized carbons (Fsp3) is 0.636. The van der Waals surface area contributed by atoms with Gasteiger partial charge in [0.25, 0.3) is 0 Å². The van der Waals surface area contributed by atoms with Crippen LogP contribution in [0.5, 0.6) is 0 Å². The van der Waals surface area contributed by atoms with Gasteiger partial charge in [0, 0.05) is 32.3 Å². The van der Waals surface area contributed by atoms with E-state index in [0.717, 1.165) is 25.0 Å². The predicted octanol–water partition coefficient (Wildman–Crippen LogP) is 2.30. The van der Waals surface area contributed by atoms with Crippen molar-refractivity contribution in [3.05, 3.63) is 35.4 Å². The first-order chi connectivity index (χ1) is 14.6. The van der Waals surface area contributed by atoms with Crippen molar-refractivity contribution in [1.82, 2.24) is 10.2 Å². The van der Waals surface area contributed by atoms with E-state index in [-0.39, 0.29) is 23.0 Å². The van der Waals surface area contributed by atoms with Gasteiger partial charge in [-0.05, 0) is 36.3 Å². The summed E-state index contributed by atoms with van der Waals surface area (Å²) in [5, 5.41) is 2.96. The summed E-state index contributed by atoms with van der Waals surface area (Å²) in [6.45, 7) is 0. The third-order valence-electron chi connectivity index (χ3n) is 6.37. The first-order valence-corrected chi connectivity index (χ1v) is 12.7. The molecule has 2 heterocycles. The molecule has 2 aliphatic heterocycles. The minimum absolute atomic E-state index is 0.0126. The average molecular weight is 451 g/mol. The molecule has 164 valence electrons. The van der Waals surface area contributed by atoms with Crippen molar-refractivity contribution < 1.29 is 19.1 Å². The molecular weight excluding hydrogens is 420 g/mol. The van der Waals surface area contributed by atoms with Gasteiger partial charge in [-0.3, -0.25) is 14.9 Å². The summed E-state index contributed by atoms with van der Waals surface area (Å²) < 4.78 is 10.8. The molecule has 4 atom stereocenters. The zero-order valence-electron chi connectivity index (χ0n) is 17.5. The number of hydrogen-bond donors (Lipinski definition) is 1. The molecule has 6 nitrogen and oxygen atoms in total. The smallest absolute Gasteiger partial charge is 0.242 e. The number of benzene rings is 1. The van der Waals surface area contributed by atoms with Crippen LogP contribution < -0.4 is 5.32 Å². The lowest BCUT2D eigenvalue weighted by Gasteiger charge is -2.32. The third-order valence-corrected chi connectivity index (χ3v) is 8.64. The van der Waals surface area contributed by atoms with Gasteiger partial charge in [0.2, 0.25) is 5.91 Å². The second-order valence-electron chi connectivity index (χ2n) is 8.18. The first kappa shape index (κ1) is 22.1. The topological polar surface area (TPSA) is 67.9 Å². The number of hydrogen-bond acceptors (Lipinski definition) is 7. The van der Waals surface area contributed by atoms with Crippen LogP contribution in [-0.2, 0) is 31.9 Å². The van der Waals surface area contributed by atoms with E-state index in [2.05, 4.69) is 29.6 Å². The lowest BCUT2D eigenvalue weighted by atomic mass is 9.81. The van der Waals surface area contributed by atoms with Gasteiger partial charge in [-0.25, -0.2) is 0 Å². The van der Waals surface area contributed by atoms with E-state index in [1.54, 1.807) is 37.7 Å². The zero-order valence-corrected chi connectivity index (χ0v) is 19.2. The number of rotatable bonds is 7. The Hall–Kier alpha value is -1.06. The number of thioether (sulfide) groups is 2. The molecule has 1 N–H and O–H groups in total. The predicted molar refractivity (Wildman–Crippen MR) is 121 cm³/mol. The van der Waals surface area contributed by atoms with Crippen LogP contribution in [0.2, 0.25) is 0 Å². The Labute approximate surface area is 186 Å². The van der Waals surface area contributed by atoms with Gasteiger partial charge >= 0.3 is 0 Å². The summed E-state index contributed by atoms with van der Waals surface area (Å²) in [6, 6.07) is 7.94. The molecule has 0 bridgehead atoms. The summed E-state index contributed by atoms with van der Waals surface area (Å²) in [5.41, 5.74) is 2.78. The van der Waals surface area contributed by atoms with Crippen molar-refractivity contribution in [1.29, 1.82) is 0 Å². The SMILES string of the molecule is COC(OC)[C@@H]1CSCN1C(=O)[C@H]1NCSC1C(=O)C[C@@H]1CCc2ccccc2C1. The number of nitrogens with one attached hydrogen (secondary N) is 1. The number of Topliss-reactive ketones (excluding diaryl/α,β-unsaturated/α-hetero) is 1. The normalized spacial score (nSPS) is 28.7. The van der Waals surface area contributed by atoms with Crippen LogP contribution in [0.4, 0.5) is 0 Å². The number of fused-ring (bicyclic) bond motifs is 1. The van der Waals surface area contributed by atoms with Crippen molar-refractivity contribution in [3.8, 4) is 0 Å². The van der Waals surface area contributed by atoms with Gasteiger partial charge in [0.1, 0.15) is 11.8 Å². The molecule has 1 unspecified atom stereocenters. The lowest BCUT2D eigenvalue weighted by Crippen LogP contribution is -2.54. The lowest BCUT2D eigenvalue weighted by molar-refractivity contribution is -0.157. The maximum atomic E-state index is 13.3. The molecule has 30 heavy (non-hydrogen) atoms. The average Bonchev–Trinajstić information content (AvgIpc) is 3.44. The van der Waals surface area contributed by atoms with E-state index in [1.807, 2.05) is 4.90 Å². The first-order valence-electron chi connectivity index (χ1n) is 10.5. The number of aryl methyl sites for hydroxylation is 1. The van der Waals surface area contributed by atoms with Gasteiger partial charge in [-0.1, -0.05) is 24.3 Å². The van der Waals surface area contributed by atoms with Crippen LogP contribution in [0.25, 0.3) is 0 Å². The molecule has 0 radical (unpaired) electrons. The summed E-state index contributed by atoms with van der Waals surface area (Å²) in [6.07, 6.45) is 3.14. The highest BCUT2D eigenvalue weighted by Crippen LogP contribution is 2.33. The molecule has 2 saturated heterocycles. The van der Waals surface area contributed by atoms with Crippen LogP contribution in [-0.4, -0.2) is 71.9 Å². The minimum Gasteiger partial charge on any atom is -0.354 e. The molecule has 0 aromatic heterocycles. The van der Waals surface area contributed by atoms with E-state index in [0.29, 0.717) is 24.1 Å². The highest BCUT2D eigenvalue weighted by Gasteiger charge is 2.45. The Morgan fingerprint density at radius 1 is 1.23 bits per heavy atom. The Morgan fingerprint density at radius 2 is 2.00 bits per heavy atom. The summed E-state index contributed by atoms with van der Waals surface area (Å²) in [5.74, 6) is 2.57. The number of ketones is 1. The minimum atomic E-state index is -0.464. The van der Waals surface area contributed by atoms with Crippen LogP contribution in [0.3, 0.4) is 0 Å². The van der Waals surface area contributed by atoms with Crippen molar-refractivity contribution in [3.63, 3.8) is 0 Å². The molecular formula is C22H30N2O4S2.